The second-order valence-corrected chi connectivity index (χ2v) is 13.9. The summed E-state index contributed by atoms with van der Waals surface area (Å²) in [7, 11) is 0. The summed E-state index contributed by atoms with van der Waals surface area (Å²) in [5, 5.41) is 8.26. The van der Waals surface area contributed by atoms with Crippen LogP contribution < -0.4 is 0 Å². The Hall–Kier alpha value is -3.46. The molecule has 2 heterocycles. The molecule has 0 bridgehead atoms. The van der Waals surface area contributed by atoms with Crippen LogP contribution >= 0.6 is 22.7 Å². The van der Waals surface area contributed by atoms with E-state index in [1.165, 1.54) is 93.0 Å². The van der Waals surface area contributed by atoms with Gasteiger partial charge in [0.1, 0.15) is 0 Å². The van der Waals surface area contributed by atoms with E-state index in [2.05, 4.69) is 111 Å². The van der Waals surface area contributed by atoms with Crippen LogP contribution in [0.1, 0.15) is 51.8 Å². The molecule has 0 aliphatic heterocycles. The van der Waals surface area contributed by atoms with Gasteiger partial charge in [-0.1, -0.05) is 79.6 Å². The zero-order valence-corrected chi connectivity index (χ0v) is 25.6. The van der Waals surface area contributed by atoms with Crippen LogP contribution in [0.15, 0.2) is 97.1 Å². The van der Waals surface area contributed by atoms with Crippen LogP contribution in [0.2, 0.25) is 0 Å². The van der Waals surface area contributed by atoms with Crippen LogP contribution in [0, 0.1) is 6.92 Å². The fourth-order valence-electron chi connectivity index (χ4n) is 6.08. The number of aryl methyl sites for hydroxylation is 6. The topological polar surface area (TPSA) is 0 Å². The molecule has 0 amide bonds. The second-order valence-electron chi connectivity index (χ2n) is 11.6. The minimum atomic E-state index is 1.09. The molecule has 0 nitrogen and oxygen atoms in total. The van der Waals surface area contributed by atoms with Gasteiger partial charge in [0, 0.05) is 29.9 Å². The molecule has 0 saturated carbocycles. The summed E-state index contributed by atoms with van der Waals surface area (Å²) in [5.74, 6) is 0. The average Bonchev–Trinajstić information content (AvgIpc) is 3.62. The van der Waals surface area contributed by atoms with Crippen molar-refractivity contribution in [3.05, 3.63) is 129 Å². The molecule has 0 fully saturated rings. The summed E-state index contributed by atoms with van der Waals surface area (Å²) in [5.41, 5.74) is 5.66. The molecule has 0 radical (unpaired) electrons. The quantitative estimate of drug-likeness (QED) is 0.152. The molecule has 0 aliphatic carbocycles. The smallest absolute Gasteiger partial charge is 0.0352 e. The van der Waals surface area contributed by atoms with Crippen molar-refractivity contribution in [3.63, 3.8) is 0 Å². The molecule has 204 valence electrons. The van der Waals surface area contributed by atoms with Gasteiger partial charge in [-0.15, -0.1) is 22.7 Å². The van der Waals surface area contributed by atoms with Gasteiger partial charge in [0.25, 0.3) is 0 Å². The van der Waals surface area contributed by atoms with E-state index in [1.807, 2.05) is 22.7 Å². The summed E-state index contributed by atoms with van der Waals surface area (Å²) >= 11 is 3.92. The summed E-state index contributed by atoms with van der Waals surface area (Å²) in [6, 6.07) is 37.4. The highest BCUT2D eigenvalue weighted by atomic mass is 32.1. The first-order valence-corrected chi connectivity index (χ1v) is 16.7. The number of benzene rings is 5. The lowest BCUT2D eigenvalue weighted by Crippen LogP contribution is -1.90. The Labute approximate surface area is 251 Å². The van der Waals surface area contributed by atoms with Crippen LogP contribution in [-0.2, 0) is 32.1 Å². The fourth-order valence-corrected chi connectivity index (χ4v) is 8.24. The van der Waals surface area contributed by atoms with Crippen LogP contribution in [0.3, 0.4) is 0 Å². The first kappa shape index (κ1) is 26.4. The van der Waals surface area contributed by atoms with E-state index in [0.717, 1.165) is 25.7 Å². The van der Waals surface area contributed by atoms with Crippen molar-refractivity contribution in [2.45, 2.75) is 58.8 Å². The number of hydrogen-bond acceptors (Lipinski definition) is 2. The van der Waals surface area contributed by atoms with Crippen LogP contribution in [-0.4, -0.2) is 0 Å². The van der Waals surface area contributed by atoms with E-state index < -0.39 is 0 Å². The molecule has 0 atom stereocenters. The van der Waals surface area contributed by atoms with Crippen molar-refractivity contribution in [3.8, 4) is 0 Å². The molecule has 2 heteroatoms. The lowest BCUT2D eigenvalue weighted by atomic mass is 9.98. The van der Waals surface area contributed by atoms with Crippen molar-refractivity contribution < 1.29 is 0 Å². The van der Waals surface area contributed by atoms with Crippen LogP contribution in [0.5, 0.6) is 0 Å². The number of thiophene rings is 2. The standard InChI is InChI=1S/C39H36S2/c1-3-4-5-27-10-12-29(13-11-27)15-19-33-25-37-35-23-30-16-20-38-36(34(30)22-31(35)17-21-39(37)41-33)24-32(40-38)18-14-28-8-6-26(2)7-9-28/h6-13,16-17,20-25H,3-5,14-15,18-19H2,1-2H3. The summed E-state index contributed by atoms with van der Waals surface area (Å²) in [6.45, 7) is 4.42. The van der Waals surface area contributed by atoms with E-state index in [9.17, 15) is 0 Å². The van der Waals surface area contributed by atoms with Gasteiger partial charge < -0.3 is 0 Å². The number of rotatable bonds is 9. The van der Waals surface area contributed by atoms with Gasteiger partial charge in [-0.2, -0.15) is 0 Å². The summed E-state index contributed by atoms with van der Waals surface area (Å²) in [4.78, 5) is 2.95. The van der Waals surface area contributed by atoms with Crippen molar-refractivity contribution in [1.82, 2.24) is 0 Å². The molecule has 0 unspecified atom stereocenters. The Bertz CT molecular complexity index is 1970. The molecule has 7 aromatic rings. The van der Waals surface area contributed by atoms with Crippen molar-refractivity contribution in [1.29, 1.82) is 0 Å². The largest absolute Gasteiger partial charge is 0.140 e. The maximum Gasteiger partial charge on any atom is 0.0352 e. The Morgan fingerprint density at radius 3 is 1.41 bits per heavy atom. The van der Waals surface area contributed by atoms with E-state index in [0.29, 0.717) is 0 Å². The molecule has 0 aliphatic rings. The SMILES string of the molecule is CCCCc1ccc(CCc2cc3c(ccc4cc5c(ccc6sc(CCc7ccc(C)cc7)cc65)cc43)s2)cc1. The van der Waals surface area contributed by atoms with E-state index in [1.54, 1.807) is 0 Å². The van der Waals surface area contributed by atoms with Gasteiger partial charge in [-0.25, -0.2) is 0 Å². The van der Waals surface area contributed by atoms with Crippen LogP contribution in [0.4, 0.5) is 0 Å². The second kappa shape index (κ2) is 11.4. The molecule has 41 heavy (non-hydrogen) atoms. The zero-order valence-electron chi connectivity index (χ0n) is 24.0. The van der Waals surface area contributed by atoms with Gasteiger partial charge in [-0.3, -0.25) is 0 Å². The molecule has 0 saturated heterocycles. The monoisotopic (exact) mass is 568 g/mol. The third kappa shape index (κ3) is 5.56. The van der Waals surface area contributed by atoms with E-state index in [4.69, 9.17) is 0 Å². The normalized spacial score (nSPS) is 11.9. The van der Waals surface area contributed by atoms with E-state index in [-0.39, 0.29) is 0 Å². The predicted molar refractivity (Wildman–Crippen MR) is 183 cm³/mol. The average molecular weight is 569 g/mol. The zero-order chi connectivity index (χ0) is 27.8. The third-order valence-corrected chi connectivity index (χ3v) is 10.9. The number of unbranched alkanes of at least 4 members (excludes halogenated alkanes) is 1. The predicted octanol–water partition coefficient (Wildman–Crippen LogP) is 11.6. The first-order chi connectivity index (χ1) is 20.1. The van der Waals surface area contributed by atoms with Gasteiger partial charge in [0.2, 0.25) is 0 Å². The Morgan fingerprint density at radius 1 is 0.463 bits per heavy atom. The lowest BCUT2D eigenvalue weighted by molar-refractivity contribution is 0.794. The van der Waals surface area contributed by atoms with E-state index >= 15 is 0 Å². The molecule has 5 aromatic carbocycles. The van der Waals surface area contributed by atoms with Gasteiger partial charge in [0.15, 0.2) is 0 Å². The van der Waals surface area contributed by atoms with Gasteiger partial charge >= 0.3 is 0 Å². The van der Waals surface area contributed by atoms with Crippen molar-refractivity contribution in [2.75, 3.05) is 0 Å². The molecule has 2 aromatic heterocycles. The number of fused-ring (bicyclic) bond motifs is 6. The maximum atomic E-state index is 2.45. The third-order valence-electron chi connectivity index (χ3n) is 8.54. The molecule has 0 N–H and O–H groups in total. The summed E-state index contributed by atoms with van der Waals surface area (Å²) in [6.07, 6.45) is 8.12. The fraction of sp³-hybridized carbons (Fsp3) is 0.231. The molecule has 7 rings (SSSR count). The molecular formula is C39H36S2. The van der Waals surface area contributed by atoms with Crippen LogP contribution in [0.25, 0.3) is 41.7 Å². The molecular weight excluding hydrogens is 533 g/mol. The minimum absolute atomic E-state index is 1.09. The Balaban J connectivity index is 1.14. The minimum Gasteiger partial charge on any atom is -0.140 e. The maximum absolute atomic E-state index is 2.45. The molecule has 0 spiro atoms. The number of hydrogen-bond donors (Lipinski definition) is 0. The van der Waals surface area contributed by atoms with Crippen molar-refractivity contribution in [2.24, 2.45) is 0 Å². The van der Waals surface area contributed by atoms with Gasteiger partial charge in [0.05, 0.1) is 0 Å². The lowest BCUT2D eigenvalue weighted by Gasteiger charge is -2.05. The Kier molecular flexibility index (Phi) is 7.37. The summed E-state index contributed by atoms with van der Waals surface area (Å²) < 4.78 is 2.80. The Morgan fingerprint density at radius 2 is 0.927 bits per heavy atom. The van der Waals surface area contributed by atoms with Gasteiger partial charge in [-0.05, 0) is 120 Å². The van der Waals surface area contributed by atoms with Crippen molar-refractivity contribution >= 4 is 64.4 Å². The first-order valence-electron chi connectivity index (χ1n) is 15.1. The highest BCUT2D eigenvalue weighted by Crippen LogP contribution is 2.38. The highest BCUT2D eigenvalue weighted by Gasteiger charge is 2.11. The highest BCUT2D eigenvalue weighted by molar-refractivity contribution is 7.19.